The maximum atomic E-state index is 12.6. The smallest absolute Gasteiger partial charge is 0.265 e. The lowest BCUT2D eigenvalue weighted by Crippen LogP contribution is -2.29. The van der Waals surface area contributed by atoms with Crippen LogP contribution in [0.15, 0.2) is 53.6 Å². The van der Waals surface area contributed by atoms with E-state index in [1.807, 2.05) is 49.4 Å². The van der Waals surface area contributed by atoms with Crippen LogP contribution in [0.1, 0.15) is 15.9 Å². The summed E-state index contributed by atoms with van der Waals surface area (Å²) in [5.41, 5.74) is 6.09. The van der Waals surface area contributed by atoms with Gasteiger partial charge in [0.05, 0.1) is 16.9 Å². The van der Waals surface area contributed by atoms with Crippen molar-refractivity contribution in [3.63, 3.8) is 0 Å². The molecule has 0 bridgehead atoms. The van der Waals surface area contributed by atoms with Crippen LogP contribution in [0.4, 0.5) is 11.4 Å². The van der Waals surface area contributed by atoms with Crippen molar-refractivity contribution in [3.05, 3.63) is 59.7 Å². The molecule has 0 aromatic heterocycles. The van der Waals surface area contributed by atoms with Crippen molar-refractivity contribution in [1.82, 2.24) is 0 Å². The summed E-state index contributed by atoms with van der Waals surface area (Å²) in [6.45, 7) is 1.97. The predicted octanol–water partition coefficient (Wildman–Crippen LogP) is 3.01. The monoisotopic (exact) mass is 251 g/mol. The van der Waals surface area contributed by atoms with Gasteiger partial charge in [-0.2, -0.15) is 5.10 Å². The number of benzene rings is 2. The number of hydrazone groups is 1. The lowest BCUT2D eigenvalue weighted by atomic mass is 10.1. The first kappa shape index (κ1) is 11.5. The van der Waals surface area contributed by atoms with E-state index in [1.54, 1.807) is 11.0 Å². The van der Waals surface area contributed by atoms with Gasteiger partial charge in [0.1, 0.15) is 6.34 Å². The molecule has 19 heavy (non-hydrogen) atoms. The molecule has 4 nitrogen and oxygen atoms in total. The molecule has 0 spiro atoms. The molecule has 1 aliphatic heterocycles. The Hall–Kier alpha value is -2.62. The van der Waals surface area contributed by atoms with E-state index >= 15 is 0 Å². The quantitative estimate of drug-likeness (QED) is 0.846. The number of para-hydroxylation sites is 2. The third-order valence-electron chi connectivity index (χ3n) is 3.11. The topological polar surface area (TPSA) is 44.7 Å². The fourth-order valence-electron chi connectivity index (χ4n) is 2.11. The van der Waals surface area contributed by atoms with Gasteiger partial charge in [-0.25, -0.2) is 0 Å². The van der Waals surface area contributed by atoms with Gasteiger partial charge in [-0.15, -0.1) is 0 Å². The maximum absolute atomic E-state index is 12.6. The van der Waals surface area contributed by atoms with Crippen molar-refractivity contribution in [3.8, 4) is 0 Å². The second-order valence-electron chi connectivity index (χ2n) is 4.36. The average Bonchev–Trinajstić information content (AvgIpc) is 2.60. The van der Waals surface area contributed by atoms with Crippen LogP contribution in [-0.4, -0.2) is 12.2 Å². The molecule has 3 rings (SSSR count). The Balaban J connectivity index is 2.10. The molecule has 0 saturated heterocycles. The summed E-state index contributed by atoms with van der Waals surface area (Å²) in [4.78, 5) is 14.1. The Bertz CT molecular complexity index is 664. The summed E-state index contributed by atoms with van der Waals surface area (Å²) in [5.74, 6) is -0.0846. The van der Waals surface area contributed by atoms with Crippen molar-refractivity contribution in [2.24, 2.45) is 5.10 Å². The maximum Gasteiger partial charge on any atom is 0.265 e. The first-order valence-corrected chi connectivity index (χ1v) is 6.05. The zero-order valence-electron chi connectivity index (χ0n) is 10.5. The predicted molar refractivity (Wildman–Crippen MR) is 76.5 cm³/mol. The van der Waals surface area contributed by atoms with E-state index in [2.05, 4.69) is 10.5 Å². The van der Waals surface area contributed by atoms with Crippen LogP contribution >= 0.6 is 0 Å². The zero-order chi connectivity index (χ0) is 13.2. The molecule has 2 aromatic rings. The van der Waals surface area contributed by atoms with Gasteiger partial charge in [-0.05, 0) is 30.7 Å². The van der Waals surface area contributed by atoms with Gasteiger partial charge in [-0.1, -0.05) is 30.3 Å². The molecule has 1 heterocycles. The molecule has 1 N–H and O–H groups in total. The number of aryl methyl sites for hydroxylation is 1. The highest BCUT2D eigenvalue weighted by Gasteiger charge is 2.22. The number of carbonyl (C=O) groups is 1. The third-order valence-corrected chi connectivity index (χ3v) is 3.11. The molecule has 2 aromatic carbocycles. The van der Waals surface area contributed by atoms with Gasteiger partial charge in [-0.3, -0.25) is 15.1 Å². The Morgan fingerprint density at radius 3 is 2.63 bits per heavy atom. The molecule has 0 fully saturated rings. The second kappa shape index (κ2) is 4.57. The molecule has 1 amide bonds. The lowest BCUT2D eigenvalue weighted by molar-refractivity contribution is 0.100. The van der Waals surface area contributed by atoms with E-state index < -0.39 is 0 Å². The summed E-state index contributed by atoms with van der Waals surface area (Å²) in [6.07, 6.45) is 1.52. The number of fused-ring (bicyclic) bond motifs is 1. The van der Waals surface area contributed by atoms with Crippen LogP contribution in [0.5, 0.6) is 0 Å². The Labute approximate surface area is 111 Å². The minimum Gasteiger partial charge on any atom is -0.276 e. The van der Waals surface area contributed by atoms with Gasteiger partial charge in [0, 0.05) is 0 Å². The van der Waals surface area contributed by atoms with Crippen LogP contribution in [0.3, 0.4) is 0 Å². The highest BCUT2D eigenvalue weighted by molar-refractivity contribution is 6.19. The summed E-state index contributed by atoms with van der Waals surface area (Å²) in [5, 5.41) is 4.09. The number of hydrogen-bond acceptors (Lipinski definition) is 3. The highest BCUT2D eigenvalue weighted by Crippen LogP contribution is 2.25. The molecule has 0 atom stereocenters. The molecular weight excluding hydrogens is 238 g/mol. The minimum absolute atomic E-state index is 0.0846. The van der Waals surface area contributed by atoms with Crippen molar-refractivity contribution in [2.75, 3.05) is 10.3 Å². The third kappa shape index (κ3) is 1.97. The number of nitrogens with one attached hydrogen (secondary N) is 1. The van der Waals surface area contributed by atoms with E-state index in [0.717, 1.165) is 16.9 Å². The number of anilines is 2. The van der Waals surface area contributed by atoms with E-state index in [4.69, 9.17) is 0 Å². The lowest BCUT2D eigenvalue weighted by Gasteiger charge is -2.18. The van der Waals surface area contributed by atoms with Gasteiger partial charge in [0.25, 0.3) is 5.91 Å². The molecular formula is C15H13N3O. The van der Waals surface area contributed by atoms with E-state index in [-0.39, 0.29) is 5.91 Å². The molecule has 0 radical (unpaired) electrons. The van der Waals surface area contributed by atoms with Crippen LogP contribution in [0.25, 0.3) is 0 Å². The molecule has 0 aliphatic carbocycles. The number of carbonyl (C=O) groups excluding carboxylic acids is 1. The first-order valence-electron chi connectivity index (χ1n) is 6.05. The number of hydrogen-bond donors (Lipinski definition) is 1. The number of rotatable bonds is 1. The van der Waals surface area contributed by atoms with E-state index in [0.29, 0.717) is 5.56 Å². The summed E-state index contributed by atoms with van der Waals surface area (Å²) >= 11 is 0. The second-order valence-corrected chi connectivity index (χ2v) is 4.36. The summed E-state index contributed by atoms with van der Waals surface area (Å²) < 4.78 is 0. The molecule has 1 aliphatic rings. The van der Waals surface area contributed by atoms with Crippen LogP contribution < -0.4 is 10.3 Å². The Morgan fingerprint density at radius 2 is 1.79 bits per heavy atom. The Morgan fingerprint density at radius 1 is 1.05 bits per heavy atom. The van der Waals surface area contributed by atoms with Crippen molar-refractivity contribution in [2.45, 2.75) is 6.92 Å². The fourth-order valence-corrected chi connectivity index (χ4v) is 2.11. The van der Waals surface area contributed by atoms with Gasteiger partial charge in [0.15, 0.2) is 0 Å². The largest absolute Gasteiger partial charge is 0.276 e. The molecule has 0 unspecified atom stereocenters. The van der Waals surface area contributed by atoms with Crippen molar-refractivity contribution >= 4 is 23.6 Å². The van der Waals surface area contributed by atoms with Crippen LogP contribution in [0, 0.1) is 6.92 Å². The van der Waals surface area contributed by atoms with Crippen LogP contribution in [-0.2, 0) is 0 Å². The van der Waals surface area contributed by atoms with Crippen molar-refractivity contribution in [1.29, 1.82) is 0 Å². The standard InChI is InChI=1S/C15H13N3O/c1-11-6-2-5-9-14(11)18-10-16-17-13-8-4-3-7-12(13)15(18)19/h2-10,17H,1H3. The molecule has 0 saturated carbocycles. The van der Waals surface area contributed by atoms with E-state index in [9.17, 15) is 4.79 Å². The normalized spacial score (nSPS) is 13.7. The fraction of sp³-hybridized carbons (Fsp3) is 0.0667. The van der Waals surface area contributed by atoms with Gasteiger partial charge < -0.3 is 0 Å². The van der Waals surface area contributed by atoms with Gasteiger partial charge >= 0.3 is 0 Å². The zero-order valence-corrected chi connectivity index (χ0v) is 10.5. The molecule has 4 heteroatoms. The number of nitrogens with zero attached hydrogens (tertiary/aromatic N) is 2. The Kier molecular flexibility index (Phi) is 2.76. The summed E-state index contributed by atoms with van der Waals surface area (Å²) in [6, 6.07) is 15.1. The highest BCUT2D eigenvalue weighted by atomic mass is 16.2. The number of amides is 1. The average molecular weight is 251 g/mol. The van der Waals surface area contributed by atoms with Crippen molar-refractivity contribution < 1.29 is 4.79 Å². The SMILES string of the molecule is Cc1ccccc1N1C=NNc2ccccc2C1=O. The molecule has 94 valence electrons. The van der Waals surface area contributed by atoms with E-state index in [1.165, 1.54) is 6.34 Å². The minimum atomic E-state index is -0.0846. The van der Waals surface area contributed by atoms with Gasteiger partial charge in [0.2, 0.25) is 0 Å². The summed E-state index contributed by atoms with van der Waals surface area (Å²) in [7, 11) is 0. The first-order chi connectivity index (χ1) is 9.27. The van der Waals surface area contributed by atoms with Crippen LogP contribution in [0.2, 0.25) is 0 Å².